The highest BCUT2D eigenvalue weighted by atomic mass is 16.7. The topological polar surface area (TPSA) is 44.8 Å². The highest BCUT2D eigenvalue weighted by molar-refractivity contribution is 5.69. The van der Waals surface area contributed by atoms with Gasteiger partial charge in [-0.3, -0.25) is 4.79 Å². The van der Waals surface area contributed by atoms with Gasteiger partial charge in [0.2, 0.25) is 0 Å². The summed E-state index contributed by atoms with van der Waals surface area (Å²) in [5.74, 6) is 0.487. The number of methoxy groups -OCH3 is 1. The average Bonchev–Trinajstić information content (AvgIpc) is 2.68. The Morgan fingerprint density at radius 2 is 1.85 bits per heavy atom. The molecule has 0 aliphatic carbocycles. The molecule has 1 aromatic rings. The van der Waals surface area contributed by atoms with Gasteiger partial charge >= 0.3 is 5.97 Å². The maximum atomic E-state index is 11.7. The van der Waals surface area contributed by atoms with Crippen LogP contribution in [0.2, 0.25) is 0 Å². The molecule has 1 aromatic carbocycles. The first-order valence-corrected chi connectivity index (χ1v) is 10.3. The Kier molecular flexibility index (Phi) is 9.29. The summed E-state index contributed by atoms with van der Waals surface area (Å²) in [4.78, 5) is 11.7. The fraction of sp³-hybridized carbons (Fsp3) is 0.696. The van der Waals surface area contributed by atoms with Gasteiger partial charge < -0.3 is 14.2 Å². The molecule has 2 rings (SSSR count). The number of ether oxygens (including phenoxy) is 3. The minimum Gasteiger partial charge on any atom is -0.469 e. The third kappa shape index (κ3) is 8.89. The molecular weight excluding hydrogens is 340 g/mol. The Morgan fingerprint density at radius 1 is 1.15 bits per heavy atom. The zero-order valence-electron chi connectivity index (χ0n) is 17.2. The van der Waals surface area contributed by atoms with E-state index in [0.29, 0.717) is 12.3 Å². The molecule has 0 N–H and O–H groups in total. The van der Waals surface area contributed by atoms with E-state index in [4.69, 9.17) is 14.2 Å². The first-order valence-electron chi connectivity index (χ1n) is 10.3. The van der Waals surface area contributed by atoms with Crippen molar-refractivity contribution in [3.05, 3.63) is 35.9 Å². The summed E-state index contributed by atoms with van der Waals surface area (Å²) >= 11 is 0. The number of esters is 1. The van der Waals surface area contributed by atoms with Crippen LogP contribution >= 0.6 is 0 Å². The van der Waals surface area contributed by atoms with E-state index in [9.17, 15) is 4.79 Å². The van der Waals surface area contributed by atoms with Crippen LogP contribution in [0.5, 0.6) is 0 Å². The van der Waals surface area contributed by atoms with Gasteiger partial charge in [-0.15, -0.1) is 0 Å². The lowest BCUT2D eigenvalue weighted by Gasteiger charge is -2.28. The van der Waals surface area contributed by atoms with E-state index < -0.39 is 0 Å². The van der Waals surface area contributed by atoms with Crippen LogP contribution in [0, 0.1) is 11.3 Å². The maximum Gasteiger partial charge on any atom is 0.306 e. The van der Waals surface area contributed by atoms with E-state index in [-0.39, 0.29) is 17.7 Å². The lowest BCUT2D eigenvalue weighted by atomic mass is 9.79. The number of hydrogen-bond acceptors (Lipinski definition) is 4. The fourth-order valence-electron chi connectivity index (χ4n) is 3.67. The largest absolute Gasteiger partial charge is 0.469 e. The van der Waals surface area contributed by atoms with Crippen LogP contribution in [-0.4, -0.2) is 32.6 Å². The Morgan fingerprint density at radius 3 is 2.52 bits per heavy atom. The quantitative estimate of drug-likeness (QED) is 0.501. The summed E-state index contributed by atoms with van der Waals surface area (Å²) in [6.45, 7) is 5.94. The molecule has 27 heavy (non-hydrogen) atoms. The van der Waals surface area contributed by atoms with Gasteiger partial charge in [0.1, 0.15) is 0 Å². The Hall–Kier alpha value is -1.39. The van der Waals surface area contributed by atoms with Gasteiger partial charge in [-0.05, 0) is 61.8 Å². The van der Waals surface area contributed by atoms with Gasteiger partial charge in [0.05, 0.1) is 26.7 Å². The maximum absolute atomic E-state index is 11.7. The van der Waals surface area contributed by atoms with Crippen molar-refractivity contribution in [2.75, 3.05) is 20.3 Å². The molecule has 0 spiro atoms. The van der Waals surface area contributed by atoms with E-state index in [0.717, 1.165) is 58.2 Å². The molecule has 0 radical (unpaired) electrons. The molecule has 1 aliphatic rings. The molecule has 1 unspecified atom stereocenters. The van der Waals surface area contributed by atoms with Gasteiger partial charge in [0.15, 0.2) is 6.29 Å². The summed E-state index contributed by atoms with van der Waals surface area (Å²) < 4.78 is 16.3. The van der Waals surface area contributed by atoms with Crippen LogP contribution in [0.1, 0.15) is 64.4 Å². The van der Waals surface area contributed by atoms with E-state index in [1.807, 2.05) is 0 Å². The first-order chi connectivity index (χ1) is 13.0. The SMILES string of the molecule is COC(=O)CC(C)(C)CCC(CCc1ccccc1)CCC1OCCCO1. The monoisotopic (exact) mass is 376 g/mol. The Labute approximate surface area is 164 Å². The average molecular weight is 377 g/mol. The molecule has 0 saturated carbocycles. The molecule has 1 atom stereocenters. The van der Waals surface area contributed by atoms with E-state index in [1.165, 1.54) is 12.7 Å². The second kappa shape index (κ2) is 11.5. The normalized spacial score (nSPS) is 16.9. The van der Waals surface area contributed by atoms with Crippen LogP contribution in [0.15, 0.2) is 30.3 Å². The molecule has 1 aliphatic heterocycles. The predicted molar refractivity (Wildman–Crippen MR) is 107 cm³/mol. The Balaban J connectivity index is 1.85. The first kappa shape index (κ1) is 21.9. The van der Waals surface area contributed by atoms with Gasteiger partial charge in [-0.1, -0.05) is 44.2 Å². The third-order valence-corrected chi connectivity index (χ3v) is 5.47. The summed E-state index contributed by atoms with van der Waals surface area (Å²) in [5.41, 5.74) is 1.36. The zero-order valence-corrected chi connectivity index (χ0v) is 17.2. The van der Waals surface area contributed by atoms with Crippen LogP contribution in [-0.2, 0) is 25.4 Å². The van der Waals surface area contributed by atoms with Crippen LogP contribution < -0.4 is 0 Å². The van der Waals surface area contributed by atoms with Crippen LogP contribution in [0.3, 0.4) is 0 Å². The van der Waals surface area contributed by atoms with Crippen LogP contribution in [0.4, 0.5) is 0 Å². The minimum atomic E-state index is -0.121. The number of benzene rings is 1. The van der Waals surface area contributed by atoms with Crippen molar-refractivity contribution in [2.24, 2.45) is 11.3 Å². The lowest BCUT2D eigenvalue weighted by Crippen LogP contribution is -2.25. The zero-order chi connectivity index (χ0) is 19.5. The standard InChI is InChI=1S/C23H36O4/c1-23(2,18-21(24)25-3)15-14-20(11-10-19-8-5-4-6-9-19)12-13-22-26-16-7-17-27-22/h4-6,8-9,20,22H,7,10-18H2,1-3H3. The summed E-state index contributed by atoms with van der Waals surface area (Å²) in [6.07, 6.45) is 7.88. The van der Waals surface area contributed by atoms with Crippen LogP contribution in [0.25, 0.3) is 0 Å². The number of hydrogen-bond donors (Lipinski definition) is 0. The molecule has 0 amide bonds. The Bertz CT molecular complexity index is 535. The van der Waals surface area contributed by atoms with Crippen molar-refractivity contribution in [3.8, 4) is 0 Å². The summed E-state index contributed by atoms with van der Waals surface area (Å²) in [7, 11) is 1.46. The molecule has 4 heteroatoms. The molecule has 4 nitrogen and oxygen atoms in total. The predicted octanol–water partition coefficient (Wildman–Crippen LogP) is 5.15. The van der Waals surface area contributed by atoms with Gasteiger partial charge in [0, 0.05) is 0 Å². The van der Waals surface area contributed by atoms with Crippen molar-refractivity contribution in [3.63, 3.8) is 0 Å². The van der Waals surface area contributed by atoms with Gasteiger partial charge in [-0.2, -0.15) is 0 Å². The molecule has 1 saturated heterocycles. The third-order valence-electron chi connectivity index (χ3n) is 5.47. The van der Waals surface area contributed by atoms with E-state index >= 15 is 0 Å². The number of aryl methyl sites for hydroxylation is 1. The van der Waals surface area contributed by atoms with Crippen molar-refractivity contribution < 1.29 is 19.0 Å². The molecule has 1 fully saturated rings. The highest BCUT2D eigenvalue weighted by Gasteiger charge is 2.25. The molecule has 0 aromatic heterocycles. The van der Waals surface area contributed by atoms with E-state index in [2.05, 4.69) is 44.2 Å². The number of carbonyl (C=O) groups excluding carboxylic acids is 1. The van der Waals surface area contributed by atoms with Gasteiger partial charge in [0.25, 0.3) is 0 Å². The number of rotatable bonds is 11. The molecule has 152 valence electrons. The lowest BCUT2D eigenvalue weighted by molar-refractivity contribution is -0.182. The second-order valence-electron chi connectivity index (χ2n) is 8.45. The number of carbonyl (C=O) groups is 1. The summed E-state index contributed by atoms with van der Waals surface area (Å²) in [6, 6.07) is 10.7. The molecule has 0 bridgehead atoms. The van der Waals surface area contributed by atoms with Crippen molar-refractivity contribution >= 4 is 5.97 Å². The molecular formula is C23H36O4. The van der Waals surface area contributed by atoms with E-state index in [1.54, 1.807) is 0 Å². The van der Waals surface area contributed by atoms with Crippen molar-refractivity contribution in [1.29, 1.82) is 0 Å². The van der Waals surface area contributed by atoms with Crippen molar-refractivity contribution in [2.45, 2.75) is 71.5 Å². The summed E-state index contributed by atoms with van der Waals surface area (Å²) in [5, 5.41) is 0. The minimum absolute atomic E-state index is 0.0318. The van der Waals surface area contributed by atoms with Gasteiger partial charge in [-0.25, -0.2) is 0 Å². The second-order valence-corrected chi connectivity index (χ2v) is 8.45. The smallest absolute Gasteiger partial charge is 0.306 e. The highest BCUT2D eigenvalue weighted by Crippen LogP contribution is 2.32. The fourth-order valence-corrected chi connectivity index (χ4v) is 3.67. The van der Waals surface area contributed by atoms with Crippen molar-refractivity contribution in [1.82, 2.24) is 0 Å². The molecule has 1 heterocycles.